The summed E-state index contributed by atoms with van der Waals surface area (Å²) in [5, 5.41) is 2.73. The molecule has 0 atom stereocenters. The molecule has 0 heterocycles. The fourth-order valence-corrected chi connectivity index (χ4v) is 4.88. The number of nitrogens with zero attached hydrogens (tertiary/aromatic N) is 1. The maximum atomic E-state index is 14.6. The van der Waals surface area contributed by atoms with Crippen molar-refractivity contribution in [3.8, 4) is 11.5 Å². The van der Waals surface area contributed by atoms with Crippen LogP contribution in [0.5, 0.6) is 11.5 Å². The maximum absolute atomic E-state index is 14.6. The standard InChI is InChI=1S/C26H29FN2O5S/c1-3-34-22-12-10-20(11-13-22)7-6-18-28-26(30)19-29(25-9-5-4-8-24(25)27)35(31,32)23-16-14-21(33-2)15-17-23/h4-5,8-17H,3,6-7,18-19H2,1-2H3,(H,28,30). The van der Waals surface area contributed by atoms with E-state index in [-0.39, 0.29) is 10.6 Å². The highest BCUT2D eigenvalue weighted by Gasteiger charge is 2.29. The number of nitrogens with one attached hydrogen (secondary N) is 1. The molecule has 0 unspecified atom stereocenters. The molecule has 0 spiro atoms. The minimum atomic E-state index is -4.21. The molecule has 3 aromatic carbocycles. The number of rotatable bonds is 12. The molecular formula is C26H29FN2O5S. The van der Waals surface area contributed by atoms with E-state index in [1.807, 2.05) is 31.2 Å². The number of methoxy groups -OCH3 is 1. The zero-order valence-corrected chi connectivity index (χ0v) is 20.6. The molecule has 1 N–H and O–H groups in total. The van der Waals surface area contributed by atoms with E-state index in [1.54, 1.807) is 0 Å². The number of carbonyl (C=O) groups is 1. The summed E-state index contributed by atoms with van der Waals surface area (Å²) in [5.74, 6) is 0.00689. The predicted octanol–water partition coefficient (Wildman–Crippen LogP) is 4.18. The third-order valence-electron chi connectivity index (χ3n) is 5.25. The number of hydrogen-bond acceptors (Lipinski definition) is 5. The van der Waals surface area contributed by atoms with Crippen LogP contribution < -0.4 is 19.1 Å². The summed E-state index contributed by atoms with van der Waals surface area (Å²) >= 11 is 0. The molecule has 0 radical (unpaired) electrons. The van der Waals surface area contributed by atoms with E-state index in [0.717, 1.165) is 28.1 Å². The summed E-state index contributed by atoms with van der Waals surface area (Å²) in [6.45, 7) is 2.31. The van der Waals surface area contributed by atoms with Crippen LogP contribution in [-0.2, 0) is 21.2 Å². The Morgan fingerprint density at radius 3 is 2.26 bits per heavy atom. The molecule has 0 fully saturated rings. The molecule has 0 aromatic heterocycles. The normalized spacial score (nSPS) is 11.1. The van der Waals surface area contributed by atoms with Gasteiger partial charge in [0, 0.05) is 6.54 Å². The first-order chi connectivity index (χ1) is 16.8. The molecule has 0 aliphatic carbocycles. The van der Waals surface area contributed by atoms with Crippen LogP contribution in [0, 0.1) is 5.82 Å². The van der Waals surface area contributed by atoms with Crippen LogP contribution in [0.25, 0.3) is 0 Å². The molecule has 0 saturated heterocycles. The van der Waals surface area contributed by atoms with Crippen molar-refractivity contribution in [1.29, 1.82) is 0 Å². The average molecular weight is 501 g/mol. The first kappa shape index (κ1) is 26.0. The summed E-state index contributed by atoms with van der Waals surface area (Å²) in [7, 11) is -2.75. The Morgan fingerprint density at radius 2 is 1.63 bits per heavy atom. The number of sulfonamides is 1. The Kier molecular flexibility index (Phi) is 9.08. The molecular weight excluding hydrogens is 471 g/mol. The number of ether oxygens (including phenoxy) is 2. The topological polar surface area (TPSA) is 84.9 Å². The Bertz CT molecular complexity index is 1220. The summed E-state index contributed by atoms with van der Waals surface area (Å²) in [6.07, 6.45) is 1.39. The zero-order chi connectivity index (χ0) is 25.3. The smallest absolute Gasteiger partial charge is 0.264 e. The van der Waals surface area contributed by atoms with Crippen LogP contribution in [0.2, 0.25) is 0 Å². The third kappa shape index (κ3) is 6.95. The van der Waals surface area contributed by atoms with Gasteiger partial charge in [-0.15, -0.1) is 0 Å². The highest BCUT2D eigenvalue weighted by atomic mass is 32.2. The van der Waals surface area contributed by atoms with Crippen LogP contribution in [-0.4, -0.2) is 41.1 Å². The number of amides is 1. The van der Waals surface area contributed by atoms with Crippen LogP contribution in [0.1, 0.15) is 18.9 Å². The summed E-state index contributed by atoms with van der Waals surface area (Å²) < 4.78 is 52.5. The van der Waals surface area contributed by atoms with Crippen LogP contribution in [0.4, 0.5) is 10.1 Å². The molecule has 0 aliphatic rings. The number of aryl methyl sites for hydroxylation is 1. The van der Waals surface area contributed by atoms with Gasteiger partial charge < -0.3 is 14.8 Å². The van der Waals surface area contributed by atoms with Gasteiger partial charge in [0.2, 0.25) is 5.91 Å². The number of para-hydroxylation sites is 1. The van der Waals surface area contributed by atoms with E-state index in [4.69, 9.17) is 9.47 Å². The number of benzene rings is 3. The van der Waals surface area contributed by atoms with Crippen molar-refractivity contribution in [3.63, 3.8) is 0 Å². The largest absolute Gasteiger partial charge is 0.497 e. The minimum absolute atomic E-state index is 0.0788. The Hall–Kier alpha value is -3.59. The summed E-state index contributed by atoms with van der Waals surface area (Å²) in [6, 6.07) is 18.9. The van der Waals surface area contributed by atoms with Gasteiger partial charge in [-0.25, -0.2) is 12.8 Å². The minimum Gasteiger partial charge on any atom is -0.497 e. The second kappa shape index (κ2) is 12.2. The average Bonchev–Trinajstić information content (AvgIpc) is 2.87. The third-order valence-corrected chi connectivity index (χ3v) is 7.03. The first-order valence-electron chi connectivity index (χ1n) is 11.2. The van der Waals surface area contributed by atoms with Crippen molar-refractivity contribution >= 4 is 21.6 Å². The monoisotopic (exact) mass is 500 g/mol. The second-order valence-corrected chi connectivity index (χ2v) is 9.53. The zero-order valence-electron chi connectivity index (χ0n) is 19.7. The van der Waals surface area contributed by atoms with Crippen molar-refractivity contribution in [2.75, 3.05) is 31.1 Å². The van der Waals surface area contributed by atoms with Crippen molar-refractivity contribution < 1.29 is 27.1 Å². The lowest BCUT2D eigenvalue weighted by Crippen LogP contribution is -2.41. The Balaban J connectivity index is 1.67. The van der Waals surface area contributed by atoms with Gasteiger partial charge >= 0.3 is 0 Å². The molecule has 3 aromatic rings. The second-order valence-electron chi connectivity index (χ2n) is 7.67. The first-order valence-corrected chi connectivity index (χ1v) is 12.7. The van der Waals surface area contributed by atoms with Crippen molar-refractivity contribution in [1.82, 2.24) is 5.32 Å². The maximum Gasteiger partial charge on any atom is 0.264 e. The van der Waals surface area contributed by atoms with Crippen molar-refractivity contribution in [2.24, 2.45) is 0 Å². The Labute approximate surface area is 205 Å². The molecule has 3 rings (SSSR count). The molecule has 186 valence electrons. The fourth-order valence-electron chi connectivity index (χ4n) is 3.45. The Morgan fingerprint density at radius 1 is 0.971 bits per heavy atom. The van der Waals surface area contributed by atoms with E-state index in [2.05, 4.69) is 5.32 Å². The van der Waals surface area contributed by atoms with Crippen molar-refractivity contribution in [2.45, 2.75) is 24.7 Å². The molecule has 0 aliphatic heterocycles. The summed E-state index contributed by atoms with van der Waals surface area (Å²) in [4.78, 5) is 12.6. The highest BCUT2D eigenvalue weighted by molar-refractivity contribution is 7.92. The lowest BCUT2D eigenvalue weighted by molar-refractivity contribution is -0.119. The van der Waals surface area contributed by atoms with Crippen LogP contribution >= 0.6 is 0 Å². The quantitative estimate of drug-likeness (QED) is 0.377. The molecule has 7 nitrogen and oxygen atoms in total. The lowest BCUT2D eigenvalue weighted by atomic mass is 10.1. The number of anilines is 1. The molecule has 0 bridgehead atoms. The van der Waals surface area contributed by atoms with Crippen LogP contribution in [0.15, 0.2) is 77.7 Å². The lowest BCUT2D eigenvalue weighted by Gasteiger charge is -2.24. The summed E-state index contributed by atoms with van der Waals surface area (Å²) in [5.41, 5.74) is 0.894. The predicted molar refractivity (Wildman–Crippen MR) is 133 cm³/mol. The SMILES string of the molecule is CCOc1ccc(CCCNC(=O)CN(c2ccccc2F)S(=O)(=O)c2ccc(OC)cc2)cc1. The number of hydrogen-bond donors (Lipinski definition) is 1. The van der Waals surface area contributed by atoms with Gasteiger partial charge in [0.25, 0.3) is 10.0 Å². The number of carbonyl (C=O) groups excluding carboxylic acids is 1. The van der Waals surface area contributed by atoms with E-state index >= 15 is 0 Å². The van der Waals surface area contributed by atoms with Gasteiger partial charge in [0.1, 0.15) is 23.9 Å². The highest BCUT2D eigenvalue weighted by Crippen LogP contribution is 2.27. The van der Waals surface area contributed by atoms with E-state index in [0.29, 0.717) is 25.3 Å². The van der Waals surface area contributed by atoms with E-state index in [1.165, 1.54) is 49.6 Å². The van der Waals surface area contributed by atoms with Gasteiger partial charge in [-0.2, -0.15) is 0 Å². The van der Waals surface area contributed by atoms with Gasteiger partial charge in [-0.1, -0.05) is 24.3 Å². The number of halogens is 1. The van der Waals surface area contributed by atoms with Gasteiger partial charge in [0.05, 0.1) is 24.3 Å². The van der Waals surface area contributed by atoms with Gasteiger partial charge in [-0.3, -0.25) is 9.10 Å². The van der Waals surface area contributed by atoms with Gasteiger partial charge in [0.15, 0.2) is 0 Å². The van der Waals surface area contributed by atoms with E-state index < -0.39 is 28.3 Å². The van der Waals surface area contributed by atoms with E-state index in [9.17, 15) is 17.6 Å². The van der Waals surface area contributed by atoms with Crippen molar-refractivity contribution in [3.05, 3.63) is 84.2 Å². The van der Waals surface area contributed by atoms with Gasteiger partial charge in [-0.05, 0) is 73.9 Å². The molecule has 1 amide bonds. The van der Waals surface area contributed by atoms with Crippen LogP contribution in [0.3, 0.4) is 0 Å². The fraction of sp³-hybridized carbons (Fsp3) is 0.269. The molecule has 35 heavy (non-hydrogen) atoms. The molecule has 0 saturated carbocycles. The molecule has 9 heteroatoms.